The van der Waals surface area contributed by atoms with Crippen LogP contribution in [0.5, 0.6) is 0 Å². The van der Waals surface area contributed by atoms with E-state index in [-0.39, 0.29) is 0 Å². The molecule has 0 amide bonds. The first-order valence-electron chi connectivity index (χ1n) is 6.85. The number of nitrogens with zero attached hydrogens (tertiary/aromatic N) is 1. The predicted molar refractivity (Wildman–Crippen MR) is 74.3 cm³/mol. The minimum Gasteiger partial charge on any atom is -0.311 e. The van der Waals surface area contributed by atoms with E-state index in [9.17, 15) is 0 Å². The van der Waals surface area contributed by atoms with Crippen molar-refractivity contribution in [3.8, 4) is 0 Å². The van der Waals surface area contributed by atoms with Gasteiger partial charge in [0.05, 0.1) is 0 Å². The lowest BCUT2D eigenvalue weighted by molar-refractivity contribution is 0.110. The molecule has 2 rings (SSSR count). The maximum Gasteiger partial charge on any atom is 0.0253 e. The third-order valence-electron chi connectivity index (χ3n) is 4.10. The van der Waals surface area contributed by atoms with Gasteiger partial charge >= 0.3 is 0 Å². The van der Waals surface area contributed by atoms with Crippen LogP contribution in [-0.2, 0) is 0 Å². The topological polar surface area (TPSA) is 15.3 Å². The fraction of sp³-hybridized carbons (Fsp3) is 0.857. The van der Waals surface area contributed by atoms with E-state index in [4.69, 9.17) is 11.6 Å². The molecule has 2 nitrogen and oxygen atoms in total. The van der Waals surface area contributed by atoms with Crippen LogP contribution in [-0.4, -0.2) is 36.6 Å². The summed E-state index contributed by atoms with van der Waals surface area (Å²) in [5.74, 6) is 1.64. The highest BCUT2D eigenvalue weighted by Gasteiger charge is 2.39. The summed E-state index contributed by atoms with van der Waals surface area (Å²) in [4.78, 5) is 2.65. The molecule has 1 saturated heterocycles. The molecule has 1 heterocycles. The monoisotopic (exact) mass is 256 g/mol. The SMILES string of the molecule is CC(=CCl)CN1CC(C(C)C)NCC1C1CC1. The lowest BCUT2D eigenvalue weighted by atomic mass is 9.97. The third kappa shape index (κ3) is 3.46. The van der Waals surface area contributed by atoms with Crippen LogP contribution in [0.4, 0.5) is 0 Å². The molecule has 1 saturated carbocycles. The molecule has 0 aromatic rings. The molecule has 2 fully saturated rings. The lowest BCUT2D eigenvalue weighted by Crippen LogP contribution is -2.59. The van der Waals surface area contributed by atoms with Gasteiger partial charge in [-0.15, -0.1) is 0 Å². The average molecular weight is 257 g/mol. The molecular weight excluding hydrogens is 232 g/mol. The maximum atomic E-state index is 5.81. The maximum absolute atomic E-state index is 5.81. The highest BCUT2D eigenvalue weighted by molar-refractivity contribution is 6.25. The Balaban J connectivity index is 1.98. The predicted octanol–water partition coefficient (Wildman–Crippen LogP) is 2.84. The molecule has 1 aliphatic heterocycles. The van der Waals surface area contributed by atoms with Gasteiger partial charge in [-0.25, -0.2) is 0 Å². The van der Waals surface area contributed by atoms with Crippen LogP contribution in [0.1, 0.15) is 33.6 Å². The lowest BCUT2D eigenvalue weighted by Gasteiger charge is -2.42. The quantitative estimate of drug-likeness (QED) is 0.832. The molecule has 0 bridgehead atoms. The van der Waals surface area contributed by atoms with Gasteiger partial charge in [-0.1, -0.05) is 25.4 Å². The van der Waals surface area contributed by atoms with E-state index < -0.39 is 0 Å². The molecule has 1 aliphatic carbocycles. The van der Waals surface area contributed by atoms with Crippen LogP contribution in [0.15, 0.2) is 11.1 Å². The van der Waals surface area contributed by atoms with E-state index in [1.807, 2.05) is 0 Å². The largest absolute Gasteiger partial charge is 0.311 e. The minimum atomic E-state index is 0.633. The van der Waals surface area contributed by atoms with Crippen molar-refractivity contribution >= 4 is 11.6 Å². The second-order valence-electron chi connectivity index (χ2n) is 6.05. The van der Waals surface area contributed by atoms with Gasteiger partial charge in [0.1, 0.15) is 0 Å². The van der Waals surface area contributed by atoms with Gasteiger partial charge in [0.15, 0.2) is 0 Å². The van der Waals surface area contributed by atoms with Crippen molar-refractivity contribution < 1.29 is 0 Å². The summed E-state index contributed by atoms with van der Waals surface area (Å²) < 4.78 is 0. The normalized spacial score (nSPS) is 32.2. The molecule has 3 heteroatoms. The van der Waals surface area contributed by atoms with Crippen LogP contribution in [0.3, 0.4) is 0 Å². The number of hydrogen-bond donors (Lipinski definition) is 1. The van der Waals surface area contributed by atoms with Crippen LogP contribution in [0.2, 0.25) is 0 Å². The van der Waals surface area contributed by atoms with Crippen molar-refractivity contribution in [1.29, 1.82) is 0 Å². The third-order valence-corrected chi connectivity index (χ3v) is 4.47. The summed E-state index contributed by atoms with van der Waals surface area (Å²) in [7, 11) is 0. The standard InChI is InChI=1S/C14H25ClN2/c1-10(2)13-9-17(8-11(3)6-15)14(7-16-13)12-4-5-12/h6,10,12-14,16H,4-5,7-9H2,1-3H3. The highest BCUT2D eigenvalue weighted by atomic mass is 35.5. The van der Waals surface area contributed by atoms with Gasteiger partial charge in [-0.05, 0) is 37.2 Å². The molecule has 0 radical (unpaired) electrons. The van der Waals surface area contributed by atoms with Gasteiger partial charge in [0, 0.05) is 37.3 Å². The van der Waals surface area contributed by atoms with Crippen molar-refractivity contribution in [2.75, 3.05) is 19.6 Å². The van der Waals surface area contributed by atoms with Gasteiger partial charge in [-0.2, -0.15) is 0 Å². The minimum absolute atomic E-state index is 0.633. The Morgan fingerprint density at radius 3 is 2.71 bits per heavy atom. The van der Waals surface area contributed by atoms with E-state index >= 15 is 0 Å². The summed E-state index contributed by atoms with van der Waals surface area (Å²) in [6.45, 7) is 10.1. The Morgan fingerprint density at radius 1 is 1.47 bits per heavy atom. The van der Waals surface area contributed by atoms with E-state index in [2.05, 4.69) is 31.0 Å². The Hall–Kier alpha value is -0.0500. The highest BCUT2D eigenvalue weighted by Crippen LogP contribution is 2.36. The zero-order valence-electron chi connectivity index (χ0n) is 11.2. The van der Waals surface area contributed by atoms with Gasteiger partial charge < -0.3 is 5.32 Å². The first-order valence-corrected chi connectivity index (χ1v) is 7.28. The average Bonchev–Trinajstić information content (AvgIpc) is 3.12. The van der Waals surface area contributed by atoms with Crippen LogP contribution < -0.4 is 5.32 Å². The van der Waals surface area contributed by atoms with Crippen LogP contribution >= 0.6 is 11.6 Å². The fourth-order valence-corrected chi connectivity index (χ4v) is 2.85. The number of halogens is 1. The second-order valence-corrected chi connectivity index (χ2v) is 6.27. The van der Waals surface area contributed by atoms with Crippen molar-refractivity contribution in [3.63, 3.8) is 0 Å². The molecular formula is C14H25ClN2. The summed E-state index contributed by atoms with van der Waals surface area (Å²) >= 11 is 5.81. The van der Waals surface area contributed by atoms with Gasteiger partial charge in [0.2, 0.25) is 0 Å². The first-order chi connectivity index (χ1) is 8.11. The van der Waals surface area contributed by atoms with Crippen molar-refractivity contribution in [3.05, 3.63) is 11.1 Å². The van der Waals surface area contributed by atoms with Crippen LogP contribution in [0.25, 0.3) is 0 Å². The molecule has 2 unspecified atom stereocenters. The molecule has 0 spiro atoms. The Bertz CT molecular complexity index is 284. The van der Waals surface area contributed by atoms with Gasteiger partial charge in [0.25, 0.3) is 0 Å². The zero-order valence-corrected chi connectivity index (χ0v) is 12.0. The van der Waals surface area contributed by atoms with Crippen molar-refractivity contribution in [1.82, 2.24) is 10.2 Å². The smallest absolute Gasteiger partial charge is 0.0253 e. The van der Waals surface area contributed by atoms with Gasteiger partial charge in [-0.3, -0.25) is 4.90 Å². The van der Waals surface area contributed by atoms with E-state index in [0.29, 0.717) is 12.0 Å². The molecule has 1 N–H and O–H groups in total. The van der Waals surface area contributed by atoms with E-state index in [1.54, 1.807) is 5.54 Å². The van der Waals surface area contributed by atoms with E-state index in [1.165, 1.54) is 25.0 Å². The van der Waals surface area contributed by atoms with Crippen molar-refractivity contribution in [2.24, 2.45) is 11.8 Å². The Labute approximate surface area is 110 Å². The zero-order chi connectivity index (χ0) is 12.4. The molecule has 2 aliphatic rings. The number of hydrogen-bond acceptors (Lipinski definition) is 2. The number of nitrogens with one attached hydrogen (secondary N) is 1. The Morgan fingerprint density at radius 2 is 2.18 bits per heavy atom. The number of rotatable bonds is 4. The summed E-state index contributed by atoms with van der Waals surface area (Å²) in [5.41, 5.74) is 3.01. The molecule has 98 valence electrons. The molecule has 17 heavy (non-hydrogen) atoms. The van der Waals surface area contributed by atoms with Crippen molar-refractivity contribution in [2.45, 2.75) is 45.7 Å². The molecule has 0 aromatic heterocycles. The molecule has 0 aromatic carbocycles. The fourth-order valence-electron chi connectivity index (χ4n) is 2.78. The Kier molecular flexibility index (Phi) is 4.51. The second kappa shape index (κ2) is 5.73. The summed E-state index contributed by atoms with van der Waals surface area (Å²) in [6.07, 6.45) is 2.83. The van der Waals surface area contributed by atoms with E-state index in [0.717, 1.165) is 25.0 Å². The molecule has 2 atom stereocenters. The van der Waals surface area contributed by atoms with Crippen LogP contribution in [0, 0.1) is 11.8 Å². The first kappa shape index (κ1) is 13.4. The summed E-state index contributed by atoms with van der Waals surface area (Å²) in [5, 5.41) is 3.72. The number of piperazine rings is 1. The summed E-state index contributed by atoms with van der Waals surface area (Å²) in [6, 6.07) is 1.37.